The summed E-state index contributed by atoms with van der Waals surface area (Å²) < 4.78 is 5.04. The van der Waals surface area contributed by atoms with E-state index in [1.807, 2.05) is 0 Å². The predicted molar refractivity (Wildman–Crippen MR) is 246 cm³/mol. The van der Waals surface area contributed by atoms with Crippen molar-refractivity contribution in [1.82, 2.24) is 9.13 Å². The van der Waals surface area contributed by atoms with E-state index in [2.05, 4.69) is 215 Å². The van der Waals surface area contributed by atoms with Crippen molar-refractivity contribution in [3.63, 3.8) is 0 Å². The van der Waals surface area contributed by atoms with Crippen molar-refractivity contribution in [2.45, 2.75) is 6.42 Å². The average molecular weight is 753 g/mol. The molecule has 2 aliphatic rings. The van der Waals surface area contributed by atoms with Crippen LogP contribution >= 0.6 is 0 Å². The van der Waals surface area contributed by atoms with Crippen LogP contribution in [0.25, 0.3) is 77.2 Å². The lowest BCUT2D eigenvalue weighted by Gasteiger charge is -2.32. The van der Waals surface area contributed by atoms with Gasteiger partial charge in [0.1, 0.15) is 0 Å². The zero-order chi connectivity index (χ0) is 38.0. The highest BCUT2D eigenvalue weighted by atomic mass is 28.3. The second kappa shape index (κ2) is 11.9. The van der Waals surface area contributed by atoms with Crippen molar-refractivity contribution in [3.05, 3.63) is 217 Å². The summed E-state index contributed by atoms with van der Waals surface area (Å²) in [4.78, 5) is 0. The number of rotatable bonds is 4. The maximum Gasteiger partial charge on any atom is 0.180 e. The molecule has 0 spiro atoms. The van der Waals surface area contributed by atoms with Crippen molar-refractivity contribution in [3.8, 4) is 33.6 Å². The molecule has 9 aromatic carbocycles. The van der Waals surface area contributed by atoms with Crippen LogP contribution in [0.15, 0.2) is 206 Å². The van der Waals surface area contributed by atoms with Gasteiger partial charge >= 0.3 is 0 Å². The molecular weight excluding hydrogens is 717 g/mol. The van der Waals surface area contributed by atoms with E-state index in [1.165, 1.54) is 109 Å². The number of fused-ring (bicyclic) bond motifs is 13. The summed E-state index contributed by atoms with van der Waals surface area (Å²) in [5.41, 5.74) is 15.7. The van der Waals surface area contributed by atoms with Gasteiger partial charge < -0.3 is 9.13 Å². The molecule has 0 fully saturated rings. The maximum absolute atomic E-state index is 2.82. The molecule has 0 bridgehead atoms. The van der Waals surface area contributed by atoms with Gasteiger partial charge in [-0.15, -0.1) is 0 Å². The van der Waals surface area contributed by atoms with Crippen LogP contribution in [-0.4, -0.2) is 17.2 Å². The van der Waals surface area contributed by atoms with Crippen LogP contribution in [0.3, 0.4) is 0 Å². The maximum atomic E-state index is 2.62. The highest BCUT2D eigenvalue weighted by molar-refractivity contribution is 7.22. The third-order valence-corrected chi connectivity index (χ3v) is 18.1. The molecule has 0 unspecified atom stereocenters. The molecule has 0 atom stereocenters. The highest BCUT2D eigenvalue weighted by Gasteiger charge is 2.49. The van der Waals surface area contributed by atoms with Crippen LogP contribution in [0.1, 0.15) is 11.1 Å². The smallest absolute Gasteiger partial charge is 0.180 e. The normalized spacial score (nSPS) is 13.6. The van der Waals surface area contributed by atoms with Gasteiger partial charge in [0.15, 0.2) is 8.07 Å². The van der Waals surface area contributed by atoms with E-state index in [4.69, 9.17) is 0 Å². The number of benzene rings is 9. The molecule has 1 aliphatic heterocycles. The quantitative estimate of drug-likeness (QED) is 0.159. The number of nitrogens with zero attached hydrogens (tertiary/aromatic N) is 2. The molecule has 0 saturated heterocycles. The summed E-state index contributed by atoms with van der Waals surface area (Å²) in [5.74, 6) is 0. The van der Waals surface area contributed by atoms with Crippen molar-refractivity contribution >= 4 is 72.4 Å². The lowest BCUT2D eigenvalue weighted by Crippen LogP contribution is -2.72. The molecule has 0 radical (unpaired) electrons. The molecule has 11 aromatic rings. The van der Waals surface area contributed by atoms with E-state index in [-0.39, 0.29) is 0 Å². The fourth-order valence-electron chi connectivity index (χ4n) is 11.0. The summed E-state index contributed by atoms with van der Waals surface area (Å²) in [5, 5.41) is 11.0. The number of hydrogen-bond acceptors (Lipinski definition) is 0. The first-order valence-electron chi connectivity index (χ1n) is 20.3. The summed E-state index contributed by atoms with van der Waals surface area (Å²) in [6.07, 6.45) is 0.855. The van der Waals surface area contributed by atoms with E-state index in [9.17, 15) is 0 Å². The Balaban J connectivity index is 1.19. The van der Waals surface area contributed by atoms with Gasteiger partial charge in [-0.2, -0.15) is 0 Å². The molecular formula is C55H36N2Si. The average Bonchev–Trinajstić information content (AvgIpc) is 4.02. The number of para-hydroxylation sites is 4. The zero-order valence-corrected chi connectivity index (χ0v) is 32.7. The first-order valence-corrected chi connectivity index (χ1v) is 22.3. The second-order valence-corrected chi connectivity index (χ2v) is 19.7. The summed E-state index contributed by atoms with van der Waals surface area (Å²) >= 11 is 0. The van der Waals surface area contributed by atoms with Crippen molar-refractivity contribution in [2.24, 2.45) is 0 Å². The van der Waals surface area contributed by atoms with Crippen LogP contribution in [-0.2, 0) is 6.42 Å². The van der Waals surface area contributed by atoms with Gasteiger partial charge in [-0.3, -0.25) is 0 Å². The first kappa shape index (κ1) is 31.9. The second-order valence-electron chi connectivity index (χ2n) is 15.9. The van der Waals surface area contributed by atoms with Gasteiger partial charge in [0.25, 0.3) is 0 Å². The van der Waals surface area contributed by atoms with Crippen LogP contribution in [0, 0.1) is 0 Å². The predicted octanol–water partition coefficient (Wildman–Crippen LogP) is 10.8. The molecule has 270 valence electrons. The Hall–Kier alpha value is -7.20. The van der Waals surface area contributed by atoms with Crippen LogP contribution in [0.4, 0.5) is 0 Å². The Kier molecular flexibility index (Phi) is 6.56. The van der Waals surface area contributed by atoms with E-state index in [0.717, 1.165) is 6.42 Å². The molecule has 0 saturated carbocycles. The van der Waals surface area contributed by atoms with Gasteiger partial charge in [0.05, 0.1) is 27.8 Å². The molecule has 2 nitrogen and oxygen atoms in total. The fourth-order valence-corrected chi connectivity index (χ4v) is 16.2. The molecule has 0 N–H and O–H groups in total. The van der Waals surface area contributed by atoms with E-state index < -0.39 is 8.07 Å². The van der Waals surface area contributed by atoms with Gasteiger partial charge in [-0.25, -0.2) is 0 Å². The van der Waals surface area contributed by atoms with Gasteiger partial charge in [0.2, 0.25) is 0 Å². The monoisotopic (exact) mass is 752 g/mol. The van der Waals surface area contributed by atoms with Gasteiger partial charge in [-0.1, -0.05) is 164 Å². The van der Waals surface area contributed by atoms with E-state index in [0.29, 0.717) is 0 Å². The van der Waals surface area contributed by atoms with Gasteiger partial charge in [0, 0.05) is 33.7 Å². The lowest BCUT2D eigenvalue weighted by molar-refractivity contribution is 1.13. The molecule has 0 amide bonds. The van der Waals surface area contributed by atoms with Crippen molar-refractivity contribution in [1.29, 1.82) is 0 Å². The number of hydrogen-bond donors (Lipinski definition) is 0. The van der Waals surface area contributed by atoms with Crippen LogP contribution < -0.4 is 20.7 Å². The highest BCUT2D eigenvalue weighted by Crippen LogP contribution is 2.47. The summed E-state index contributed by atoms with van der Waals surface area (Å²) in [7, 11) is -2.82. The minimum atomic E-state index is -2.82. The Morgan fingerprint density at radius 2 is 0.879 bits per heavy atom. The molecule has 2 aromatic heterocycles. The molecule has 13 rings (SSSR count). The van der Waals surface area contributed by atoms with Gasteiger partial charge in [-0.05, 0) is 96.6 Å². The first-order chi connectivity index (χ1) is 28.8. The molecule has 58 heavy (non-hydrogen) atoms. The minimum absolute atomic E-state index is 0.855. The Morgan fingerprint density at radius 1 is 0.345 bits per heavy atom. The van der Waals surface area contributed by atoms with Crippen LogP contribution in [0.2, 0.25) is 0 Å². The lowest BCUT2D eigenvalue weighted by atomic mass is 10.0. The zero-order valence-electron chi connectivity index (χ0n) is 31.7. The molecule has 3 heterocycles. The largest absolute Gasteiger partial charge is 0.309 e. The third-order valence-electron chi connectivity index (χ3n) is 13.2. The van der Waals surface area contributed by atoms with E-state index in [1.54, 1.807) is 0 Å². The Morgan fingerprint density at radius 3 is 1.53 bits per heavy atom. The molecule has 1 aliphatic carbocycles. The molecule has 3 heteroatoms. The summed E-state index contributed by atoms with van der Waals surface area (Å²) in [6, 6.07) is 77.8. The van der Waals surface area contributed by atoms with E-state index >= 15 is 0 Å². The van der Waals surface area contributed by atoms with Crippen LogP contribution in [0.5, 0.6) is 0 Å². The number of aromatic nitrogens is 2. The third kappa shape index (κ3) is 4.10. The summed E-state index contributed by atoms with van der Waals surface area (Å²) in [6.45, 7) is 0. The van der Waals surface area contributed by atoms with Crippen molar-refractivity contribution < 1.29 is 0 Å². The topological polar surface area (TPSA) is 9.86 Å². The fraction of sp³-hybridized carbons (Fsp3) is 0.0182. The Bertz CT molecular complexity index is 3380. The SMILES string of the molecule is c1ccc(-n2c3ccccc3c3c4c(ccc32)-c2cc([Si]3(c5ccccc5)c5ccccc5-c5ccccc53)cc(-n3c5ccccc5c5ccccc53)c2C4)cc1. The van der Waals surface area contributed by atoms with Crippen molar-refractivity contribution in [2.75, 3.05) is 0 Å². The standard InChI is InChI=1S/C55H36N2Si/c1-3-17-36(18-4-1)56-50-28-14-9-25-44(50)55-47-35-46-45(39(47)31-32-51(55)56)33-38(34-52(46)57-48-26-12-7-21-40(48)41-22-8-13-27-49(41)57)58(37-19-5-2-6-20-37)53-29-15-10-23-42(53)43-24-11-16-30-54(43)58/h1-34H,35H2. The minimum Gasteiger partial charge on any atom is -0.309 e. The Labute approximate surface area is 337 Å².